The molecule has 3 atom stereocenters. The van der Waals surface area contributed by atoms with Gasteiger partial charge in [-0.2, -0.15) is 21.6 Å². The molecule has 4 bridgehead atoms. The predicted molar refractivity (Wildman–Crippen MR) is 68.8 cm³/mol. The zero-order chi connectivity index (χ0) is 18.1. The van der Waals surface area contributed by atoms with Crippen molar-refractivity contribution >= 4 is 21.9 Å². The molecule has 0 aliphatic heterocycles. The fourth-order valence-electron chi connectivity index (χ4n) is 4.43. The first kappa shape index (κ1) is 17.6. The minimum absolute atomic E-state index is 0.0429. The number of Topliss-reactive ketones (excluding diaryl/α,β-unsaturated/α-hetero) is 1. The summed E-state index contributed by atoms with van der Waals surface area (Å²) in [6.07, 6.45) is -5.08. The lowest BCUT2D eigenvalue weighted by atomic mass is 9.53. The summed E-state index contributed by atoms with van der Waals surface area (Å²) >= 11 is 0. The van der Waals surface area contributed by atoms with Gasteiger partial charge in [0.15, 0.2) is 0 Å². The van der Waals surface area contributed by atoms with Crippen LogP contribution in [0.5, 0.6) is 0 Å². The highest BCUT2D eigenvalue weighted by atomic mass is 32.2. The third-order valence-electron chi connectivity index (χ3n) is 5.23. The number of halogens is 4. The number of esters is 1. The summed E-state index contributed by atoms with van der Waals surface area (Å²) in [6.45, 7) is 0. The predicted octanol–water partition coefficient (Wildman–Crippen LogP) is 1.79. The van der Waals surface area contributed by atoms with Gasteiger partial charge in [-0.1, -0.05) is 0 Å². The van der Waals surface area contributed by atoms with E-state index in [1.165, 1.54) is 0 Å². The summed E-state index contributed by atoms with van der Waals surface area (Å²) in [5.74, 6) is -3.75. The SMILES string of the molecule is O=C1C2CC3CC1CC(OC(=O)C(F)(C(F)(F)F)S(=O)(=O)O)(C3)C2. The first-order valence-corrected chi connectivity index (χ1v) is 8.73. The average molecular weight is 374 g/mol. The Bertz CT molecular complexity index is 684. The first-order valence-electron chi connectivity index (χ1n) is 7.29. The standard InChI is InChI=1S/C13H14F4O6S/c14-12(13(15,16)17,24(20,21)22)10(19)23-11-3-6-1-7(4-11)9(18)8(2-6)5-11/h6-8H,1-5H2,(H,20,21,22). The van der Waals surface area contributed by atoms with Gasteiger partial charge in [0.1, 0.15) is 11.4 Å². The van der Waals surface area contributed by atoms with E-state index in [4.69, 9.17) is 9.29 Å². The van der Waals surface area contributed by atoms with Gasteiger partial charge in [-0.05, 0) is 38.0 Å². The third kappa shape index (κ3) is 2.35. The number of hydrogen-bond acceptors (Lipinski definition) is 5. The van der Waals surface area contributed by atoms with Gasteiger partial charge in [0.05, 0.1) is 0 Å². The van der Waals surface area contributed by atoms with E-state index in [0.29, 0.717) is 12.8 Å². The molecule has 0 saturated heterocycles. The van der Waals surface area contributed by atoms with Gasteiger partial charge in [-0.3, -0.25) is 9.35 Å². The van der Waals surface area contributed by atoms with Gasteiger partial charge in [0.2, 0.25) is 0 Å². The molecule has 0 amide bonds. The molecule has 0 spiro atoms. The van der Waals surface area contributed by atoms with Crippen LogP contribution in [0.1, 0.15) is 32.1 Å². The molecule has 0 heterocycles. The van der Waals surface area contributed by atoms with Gasteiger partial charge >= 0.3 is 27.3 Å². The molecule has 0 aromatic heterocycles. The molecular formula is C13H14F4O6S. The van der Waals surface area contributed by atoms with Crippen molar-refractivity contribution in [2.75, 3.05) is 0 Å². The zero-order valence-electron chi connectivity index (χ0n) is 12.2. The number of carbonyl (C=O) groups is 2. The van der Waals surface area contributed by atoms with Gasteiger partial charge in [-0.15, -0.1) is 0 Å². The van der Waals surface area contributed by atoms with E-state index in [-0.39, 0.29) is 31.0 Å². The number of ether oxygens (including phenoxy) is 1. The van der Waals surface area contributed by atoms with Gasteiger partial charge < -0.3 is 4.74 Å². The molecule has 4 fully saturated rings. The van der Waals surface area contributed by atoms with Crippen LogP contribution in [0.2, 0.25) is 0 Å². The van der Waals surface area contributed by atoms with Gasteiger partial charge in [0.25, 0.3) is 0 Å². The Labute approximate surface area is 134 Å². The average Bonchev–Trinajstić information content (AvgIpc) is 2.39. The lowest BCUT2D eigenvalue weighted by Gasteiger charge is -2.54. The summed E-state index contributed by atoms with van der Waals surface area (Å²) in [4.78, 5) is 23.8. The third-order valence-corrected chi connectivity index (χ3v) is 6.34. The maximum Gasteiger partial charge on any atom is 0.451 e. The van der Waals surface area contributed by atoms with Crippen LogP contribution in [-0.2, 0) is 24.4 Å². The molecule has 3 unspecified atom stereocenters. The lowest BCUT2D eigenvalue weighted by Crippen LogP contribution is -2.61. The number of carbonyl (C=O) groups excluding carboxylic acids is 2. The van der Waals surface area contributed by atoms with Crippen molar-refractivity contribution in [3.05, 3.63) is 0 Å². The van der Waals surface area contributed by atoms with E-state index in [1.54, 1.807) is 0 Å². The van der Waals surface area contributed by atoms with Crippen molar-refractivity contribution in [2.45, 2.75) is 48.9 Å². The summed E-state index contributed by atoms with van der Waals surface area (Å²) in [5.41, 5.74) is -1.49. The minimum atomic E-state index is -6.45. The van der Waals surface area contributed by atoms with Crippen LogP contribution in [0, 0.1) is 17.8 Å². The van der Waals surface area contributed by atoms with E-state index in [9.17, 15) is 35.6 Å². The molecule has 4 rings (SSSR count). The Hall–Kier alpha value is -1.23. The number of ketones is 1. The molecule has 136 valence electrons. The molecule has 11 heteroatoms. The Morgan fingerprint density at radius 3 is 2.04 bits per heavy atom. The van der Waals surface area contributed by atoms with Crippen LogP contribution in [0.25, 0.3) is 0 Å². The maximum atomic E-state index is 14.1. The van der Waals surface area contributed by atoms with E-state index >= 15 is 0 Å². The van der Waals surface area contributed by atoms with Crippen LogP contribution in [-0.4, -0.2) is 41.5 Å². The molecule has 0 aromatic rings. The molecule has 4 saturated carbocycles. The van der Waals surface area contributed by atoms with E-state index in [0.717, 1.165) is 0 Å². The highest BCUT2D eigenvalue weighted by Crippen LogP contribution is 2.56. The second-order valence-corrected chi connectivity index (χ2v) is 8.40. The molecule has 4 aliphatic carbocycles. The second-order valence-electron chi connectivity index (χ2n) is 6.89. The molecule has 0 radical (unpaired) electrons. The van der Waals surface area contributed by atoms with Crippen molar-refractivity contribution in [3.8, 4) is 0 Å². The molecule has 24 heavy (non-hydrogen) atoms. The van der Waals surface area contributed by atoms with Gasteiger partial charge in [0, 0.05) is 11.8 Å². The topological polar surface area (TPSA) is 97.7 Å². The number of alkyl halides is 4. The molecular weight excluding hydrogens is 360 g/mol. The normalized spacial score (nSPS) is 38.0. The second kappa shape index (κ2) is 4.90. The Morgan fingerprint density at radius 1 is 1.12 bits per heavy atom. The smallest absolute Gasteiger partial charge is 0.451 e. The number of rotatable bonds is 3. The Morgan fingerprint density at radius 2 is 1.62 bits per heavy atom. The van der Waals surface area contributed by atoms with E-state index in [2.05, 4.69) is 0 Å². The summed E-state index contributed by atoms with van der Waals surface area (Å²) in [6, 6.07) is 0. The summed E-state index contributed by atoms with van der Waals surface area (Å²) in [5, 5.41) is -5.55. The fraction of sp³-hybridized carbons (Fsp3) is 0.846. The van der Waals surface area contributed by atoms with E-state index in [1.807, 2.05) is 0 Å². The highest BCUT2D eigenvalue weighted by molar-refractivity contribution is 7.88. The molecule has 1 N–H and O–H groups in total. The minimum Gasteiger partial charge on any atom is -0.456 e. The molecule has 6 nitrogen and oxygen atoms in total. The Kier molecular flexibility index (Phi) is 3.59. The van der Waals surface area contributed by atoms with Crippen LogP contribution in [0.15, 0.2) is 0 Å². The highest BCUT2D eigenvalue weighted by Gasteiger charge is 2.74. The van der Waals surface area contributed by atoms with Crippen LogP contribution < -0.4 is 0 Å². The monoisotopic (exact) mass is 374 g/mol. The van der Waals surface area contributed by atoms with Crippen molar-refractivity contribution < 1.29 is 44.9 Å². The quantitative estimate of drug-likeness (QED) is 0.460. The molecule has 4 aliphatic rings. The van der Waals surface area contributed by atoms with Crippen LogP contribution in [0.4, 0.5) is 17.6 Å². The van der Waals surface area contributed by atoms with Crippen molar-refractivity contribution in [2.24, 2.45) is 17.8 Å². The van der Waals surface area contributed by atoms with E-state index < -0.39 is 44.7 Å². The lowest BCUT2D eigenvalue weighted by molar-refractivity contribution is -0.232. The summed E-state index contributed by atoms with van der Waals surface area (Å²) in [7, 11) is -6.45. The molecule has 0 aromatic carbocycles. The zero-order valence-corrected chi connectivity index (χ0v) is 13.0. The number of hydrogen-bond donors (Lipinski definition) is 1. The van der Waals surface area contributed by atoms with Crippen molar-refractivity contribution in [1.82, 2.24) is 0 Å². The fourth-order valence-corrected chi connectivity index (χ4v) is 4.97. The largest absolute Gasteiger partial charge is 0.456 e. The van der Waals surface area contributed by atoms with Crippen molar-refractivity contribution in [3.63, 3.8) is 0 Å². The maximum absolute atomic E-state index is 14.1. The first-order chi connectivity index (χ1) is 10.8. The van der Waals surface area contributed by atoms with Crippen LogP contribution in [0.3, 0.4) is 0 Å². The van der Waals surface area contributed by atoms with Crippen molar-refractivity contribution in [1.29, 1.82) is 0 Å². The van der Waals surface area contributed by atoms with Crippen LogP contribution >= 0.6 is 0 Å². The summed E-state index contributed by atoms with van der Waals surface area (Å²) < 4.78 is 87.5. The Balaban J connectivity index is 1.91. The van der Waals surface area contributed by atoms with Gasteiger partial charge in [-0.25, -0.2) is 9.18 Å².